The van der Waals surface area contributed by atoms with Gasteiger partial charge in [0, 0.05) is 30.9 Å². The van der Waals surface area contributed by atoms with Gasteiger partial charge in [-0.1, -0.05) is 11.6 Å². The lowest BCUT2D eigenvalue weighted by molar-refractivity contribution is 0.0780. The highest BCUT2D eigenvalue weighted by atomic mass is 35.5. The second-order valence-corrected chi connectivity index (χ2v) is 5.69. The van der Waals surface area contributed by atoms with Crippen LogP contribution >= 0.6 is 11.6 Å². The summed E-state index contributed by atoms with van der Waals surface area (Å²) in [7, 11) is 0. The fourth-order valence-electron chi connectivity index (χ4n) is 3.05. The zero-order valence-corrected chi connectivity index (χ0v) is 11.6. The number of aromatic nitrogens is 1. The van der Waals surface area contributed by atoms with Crippen LogP contribution in [0.5, 0.6) is 0 Å². The minimum absolute atomic E-state index is 0.0750. The molecule has 0 spiro atoms. The lowest BCUT2D eigenvalue weighted by Gasteiger charge is -2.23. The van der Waals surface area contributed by atoms with Gasteiger partial charge >= 0.3 is 0 Å². The van der Waals surface area contributed by atoms with Gasteiger partial charge in [0.1, 0.15) is 5.15 Å². The predicted molar refractivity (Wildman–Crippen MR) is 74.4 cm³/mol. The Hall–Kier alpha value is -1.13. The minimum Gasteiger partial charge on any atom is -0.337 e. The number of carbonyl (C=O) groups is 1. The predicted octanol–water partition coefficient (Wildman–Crippen LogP) is 2.05. The van der Waals surface area contributed by atoms with Gasteiger partial charge in [0.2, 0.25) is 0 Å². The summed E-state index contributed by atoms with van der Waals surface area (Å²) < 4.78 is 0. The molecule has 1 aromatic heterocycles. The third-order valence-corrected chi connectivity index (χ3v) is 4.29. The van der Waals surface area contributed by atoms with Gasteiger partial charge in [-0.25, -0.2) is 4.98 Å². The van der Waals surface area contributed by atoms with E-state index in [9.17, 15) is 4.79 Å². The number of hydrogen-bond donors (Lipinski definition) is 0. The van der Waals surface area contributed by atoms with Crippen LogP contribution in [0.1, 0.15) is 29.6 Å². The monoisotopic (exact) mass is 279 g/mol. The average Bonchev–Trinajstić information content (AvgIpc) is 3.08. The molecule has 3 heterocycles. The first-order chi connectivity index (χ1) is 9.24. The SMILES string of the molecule is O=C(c1ccnc(Cl)c1)N1CCC(N2CCCC2)C1. The Kier molecular flexibility index (Phi) is 3.71. The molecule has 1 unspecified atom stereocenters. The summed E-state index contributed by atoms with van der Waals surface area (Å²) in [6.07, 6.45) is 5.27. The number of pyridine rings is 1. The van der Waals surface area contributed by atoms with Gasteiger partial charge in [-0.05, 0) is 44.5 Å². The van der Waals surface area contributed by atoms with Gasteiger partial charge in [-0.15, -0.1) is 0 Å². The van der Waals surface area contributed by atoms with E-state index < -0.39 is 0 Å². The summed E-state index contributed by atoms with van der Waals surface area (Å²) in [6.45, 7) is 4.07. The Morgan fingerprint density at radius 1 is 1.32 bits per heavy atom. The summed E-state index contributed by atoms with van der Waals surface area (Å²) >= 11 is 5.84. The lowest BCUT2D eigenvalue weighted by atomic mass is 10.2. The molecule has 1 aromatic rings. The summed E-state index contributed by atoms with van der Waals surface area (Å²) in [5.41, 5.74) is 0.641. The van der Waals surface area contributed by atoms with Gasteiger partial charge in [-0.2, -0.15) is 0 Å². The quantitative estimate of drug-likeness (QED) is 0.778. The van der Waals surface area contributed by atoms with Crippen LogP contribution in [0.3, 0.4) is 0 Å². The molecule has 2 aliphatic heterocycles. The molecule has 2 saturated heterocycles. The molecule has 4 nitrogen and oxygen atoms in total. The van der Waals surface area contributed by atoms with E-state index in [0.717, 1.165) is 19.5 Å². The van der Waals surface area contributed by atoms with Crippen molar-refractivity contribution in [3.05, 3.63) is 29.0 Å². The first kappa shape index (κ1) is 12.9. The van der Waals surface area contributed by atoms with Crippen molar-refractivity contribution < 1.29 is 4.79 Å². The maximum atomic E-state index is 12.4. The van der Waals surface area contributed by atoms with Gasteiger partial charge in [0.05, 0.1) is 0 Å². The van der Waals surface area contributed by atoms with Crippen LogP contribution in [-0.4, -0.2) is 52.9 Å². The van der Waals surface area contributed by atoms with E-state index in [1.54, 1.807) is 18.3 Å². The Balaban J connectivity index is 1.65. The number of carbonyl (C=O) groups excluding carboxylic acids is 1. The van der Waals surface area contributed by atoms with Crippen LogP contribution in [0.4, 0.5) is 0 Å². The Bertz CT molecular complexity index is 474. The molecule has 1 atom stereocenters. The Morgan fingerprint density at radius 2 is 2.11 bits per heavy atom. The molecule has 5 heteroatoms. The second kappa shape index (κ2) is 5.47. The summed E-state index contributed by atoms with van der Waals surface area (Å²) in [6, 6.07) is 3.92. The number of amides is 1. The lowest BCUT2D eigenvalue weighted by Crippen LogP contribution is -2.37. The molecule has 0 N–H and O–H groups in total. The number of halogens is 1. The highest BCUT2D eigenvalue weighted by Gasteiger charge is 2.31. The highest BCUT2D eigenvalue weighted by Crippen LogP contribution is 2.22. The summed E-state index contributed by atoms with van der Waals surface area (Å²) in [4.78, 5) is 20.8. The van der Waals surface area contributed by atoms with Crippen LogP contribution in [0, 0.1) is 0 Å². The standard InChI is InChI=1S/C14H18ClN3O/c15-13-9-11(3-5-16-13)14(19)18-8-4-12(10-18)17-6-1-2-7-17/h3,5,9,12H,1-2,4,6-8,10H2. The normalized spacial score (nSPS) is 24.1. The van der Waals surface area contributed by atoms with Gasteiger partial charge in [0.25, 0.3) is 5.91 Å². The van der Waals surface area contributed by atoms with E-state index in [4.69, 9.17) is 11.6 Å². The van der Waals surface area contributed by atoms with Crippen molar-refractivity contribution in [2.75, 3.05) is 26.2 Å². The van der Waals surface area contributed by atoms with E-state index in [0.29, 0.717) is 16.8 Å². The van der Waals surface area contributed by atoms with Crippen LogP contribution in [0.15, 0.2) is 18.3 Å². The molecular weight excluding hydrogens is 262 g/mol. The van der Waals surface area contributed by atoms with E-state index >= 15 is 0 Å². The molecule has 0 bridgehead atoms. The fourth-order valence-corrected chi connectivity index (χ4v) is 3.22. The van der Waals surface area contributed by atoms with Crippen LogP contribution in [-0.2, 0) is 0 Å². The smallest absolute Gasteiger partial charge is 0.254 e. The van der Waals surface area contributed by atoms with E-state index in [2.05, 4.69) is 9.88 Å². The molecule has 19 heavy (non-hydrogen) atoms. The zero-order chi connectivity index (χ0) is 13.2. The van der Waals surface area contributed by atoms with E-state index in [1.807, 2.05) is 4.90 Å². The van der Waals surface area contributed by atoms with Crippen molar-refractivity contribution >= 4 is 17.5 Å². The van der Waals surface area contributed by atoms with Crippen molar-refractivity contribution in [2.24, 2.45) is 0 Å². The molecule has 0 radical (unpaired) electrons. The van der Waals surface area contributed by atoms with Gasteiger partial charge in [0.15, 0.2) is 0 Å². The molecule has 0 aromatic carbocycles. The molecule has 0 saturated carbocycles. The van der Waals surface area contributed by atoms with Crippen LogP contribution in [0.25, 0.3) is 0 Å². The van der Waals surface area contributed by atoms with Gasteiger partial charge in [-0.3, -0.25) is 9.69 Å². The van der Waals surface area contributed by atoms with Crippen molar-refractivity contribution in [3.63, 3.8) is 0 Å². The Morgan fingerprint density at radius 3 is 2.84 bits per heavy atom. The largest absolute Gasteiger partial charge is 0.337 e. The molecule has 0 aliphatic carbocycles. The molecule has 2 aliphatic rings. The highest BCUT2D eigenvalue weighted by molar-refractivity contribution is 6.29. The average molecular weight is 280 g/mol. The fraction of sp³-hybridized carbons (Fsp3) is 0.571. The van der Waals surface area contributed by atoms with Crippen molar-refractivity contribution in [2.45, 2.75) is 25.3 Å². The number of rotatable bonds is 2. The number of likely N-dealkylation sites (tertiary alicyclic amines) is 2. The minimum atomic E-state index is 0.0750. The third kappa shape index (κ3) is 2.74. The third-order valence-electron chi connectivity index (χ3n) is 4.08. The molecule has 2 fully saturated rings. The second-order valence-electron chi connectivity index (χ2n) is 5.30. The molecule has 102 valence electrons. The summed E-state index contributed by atoms with van der Waals surface area (Å²) in [5.74, 6) is 0.0750. The molecule has 3 rings (SSSR count). The van der Waals surface area contributed by atoms with E-state index in [-0.39, 0.29) is 5.91 Å². The topological polar surface area (TPSA) is 36.4 Å². The Labute approximate surface area is 118 Å². The van der Waals surface area contributed by atoms with Crippen molar-refractivity contribution in [1.82, 2.24) is 14.8 Å². The number of nitrogens with zero attached hydrogens (tertiary/aromatic N) is 3. The maximum absolute atomic E-state index is 12.4. The summed E-state index contributed by atoms with van der Waals surface area (Å²) in [5, 5.41) is 0.376. The molecular formula is C14H18ClN3O. The van der Waals surface area contributed by atoms with E-state index in [1.165, 1.54) is 25.9 Å². The van der Waals surface area contributed by atoms with Crippen molar-refractivity contribution in [1.29, 1.82) is 0 Å². The molecule has 1 amide bonds. The first-order valence-corrected chi connectivity index (χ1v) is 7.27. The van der Waals surface area contributed by atoms with Gasteiger partial charge < -0.3 is 4.90 Å². The first-order valence-electron chi connectivity index (χ1n) is 6.89. The zero-order valence-electron chi connectivity index (χ0n) is 10.9. The maximum Gasteiger partial charge on any atom is 0.254 e. The van der Waals surface area contributed by atoms with Crippen LogP contribution in [0.2, 0.25) is 5.15 Å². The van der Waals surface area contributed by atoms with Crippen LogP contribution < -0.4 is 0 Å². The van der Waals surface area contributed by atoms with Crippen molar-refractivity contribution in [3.8, 4) is 0 Å². The number of hydrogen-bond acceptors (Lipinski definition) is 3.